The number of hydrogen-bond donors (Lipinski definition) is 1. The molecule has 0 spiro atoms. The molecule has 18 heavy (non-hydrogen) atoms. The first kappa shape index (κ1) is 13.4. The number of aryl methyl sites for hydroxylation is 1. The predicted molar refractivity (Wildman–Crippen MR) is 75.2 cm³/mol. The zero-order valence-electron chi connectivity index (χ0n) is 10.9. The average molecular weight is 267 g/mol. The first-order valence-electron chi connectivity index (χ1n) is 6.35. The molecule has 4 heteroatoms. The van der Waals surface area contributed by atoms with E-state index in [2.05, 4.69) is 12.2 Å². The fourth-order valence-corrected chi connectivity index (χ4v) is 2.43. The molecule has 1 aromatic rings. The van der Waals surface area contributed by atoms with Gasteiger partial charge in [-0.25, -0.2) is 0 Å². The Bertz CT molecular complexity index is 447. The van der Waals surface area contributed by atoms with Gasteiger partial charge in [0.15, 0.2) is 0 Å². The fraction of sp³-hybridized carbons (Fsp3) is 0.500. The number of nitrogens with zero attached hydrogens (tertiary/aromatic N) is 1. The smallest absolute Gasteiger partial charge is 0.228 e. The number of rotatable bonds is 1. The van der Waals surface area contributed by atoms with Crippen LogP contribution in [0.25, 0.3) is 0 Å². The highest BCUT2D eigenvalue weighted by Crippen LogP contribution is 2.26. The van der Waals surface area contributed by atoms with E-state index in [-0.39, 0.29) is 5.91 Å². The molecular weight excluding hydrogens is 248 g/mol. The first-order chi connectivity index (χ1) is 8.58. The second-order valence-corrected chi connectivity index (χ2v) is 5.43. The average Bonchev–Trinajstić information content (AvgIpc) is 2.33. The highest BCUT2D eigenvalue weighted by atomic mass is 35.5. The lowest BCUT2D eigenvalue weighted by Crippen LogP contribution is -2.42. The Hall–Kier alpha value is -1.06. The van der Waals surface area contributed by atoms with E-state index >= 15 is 0 Å². The standard InChI is InChI=1S/C14H19ClN2O/c1-10-8-16-6-5-14(18)17(9-10)13-7-12(15)4-3-11(13)2/h3-4,7,10,16H,5-6,8-9H2,1-2H3. The summed E-state index contributed by atoms with van der Waals surface area (Å²) in [5, 5.41) is 3.97. The molecule has 1 aliphatic rings. The molecule has 1 atom stereocenters. The van der Waals surface area contributed by atoms with E-state index in [1.165, 1.54) is 0 Å². The highest BCUT2D eigenvalue weighted by Gasteiger charge is 2.21. The van der Waals surface area contributed by atoms with Gasteiger partial charge < -0.3 is 10.2 Å². The summed E-state index contributed by atoms with van der Waals surface area (Å²) in [6, 6.07) is 5.71. The summed E-state index contributed by atoms with van der Waals surface area (Å²) in [4.78, 5) is 14.1. The lowest BCUT2D eigenvalue weighted by Gasteiger charge is -2.30. The Morgan fingerprint density at radius 2 is 2.22 bits per heavy atom. The summed E-state index contributed by atoms with van der Waals surface area (Å²) in [6.07, 6.45) is 0.540. The van der Waals surface area contributed by atoms with E-state index in [9.17, 15) is 4.79 Å². The van der Waals surface area contributed by atoms with Crippen LogP contribution in [0.2, 0.25) is 5.02 Å². The van der Waals surface area contributed by atoms with Crippen molar-refractivity contribution in [2.24, 2.45) is 5.92 Å². The second kappa shape index (κ2) is 5.72. The summed E-state index contributed by atoms with van der Waals surface area (Å²) in [5.74, 6) is 0.604. The number of benzene rings is 1. The van der Waals surface area contributed by atoms with E-state index < -0.39 is 0 Å². The molecule has 1 fully saturated rings. The van der Waals surface area contributed by atoms with Crippen LogP contribution >= 0.6 is 11.6 Å². The minimum atomic E-state index is 0.166. The van der Waals surface area contributed by atoms with Gasteiger partial charge in [0.2, 0.25) is 5.91 Å². The number of halogens is 1. The van der Waals surface area contributed by atoms with Crippen molar-refractivity contribution >= 4 is 23.2 Å². The van der Waals surface area contributed by atoms with E-state index in [1.54, 1.807) is 0 Å². The van der Waals surface area contributed by atoms with Gasteiger partial charge in [0.1, 0.15) is 0 Å². The third kappa shape index (κ3) is 3.03. The first-order valence-corrected chi connectivity index (χ1v) is 6.73. The Kier molecular flexibility index (Phi) is 4.25. The number of nitrogens with one attached hydrogen (secondary N) is 1. The van der Waals surface area contributed by atoms with Gasteiger partial charge in [-0.3, -0.25) is 4.79 Å². The van der Waals surface area contributed by atoms with Crippen molar-refractivity contribution in [3.8, 4) is 0 Å². The quantitative estimate of drug-likeness (QED) is 0.848. The molecule has 3 nitrogen and oxygen atoms in total. The minimum Gasteiger partial charge on any atom is -0.316 e. The summed E-state index contributed by atoms with van der Waals surface area (Å²) < 4.78 is 0. The number of anilines is 1. The van der Waals surface area contributed by atoms with Crippen molar-refractivity contribution in [3.63, 3.8) is 0 Å². The van der Waals surface area contributed by atoms with Crippen LogP contribution in [0.5, 0.6) is 0 Å². The molecule has 1 unspecified atom stereocenters. The van der Waals surface area contributed by atoms with Crippen molar-refractivity contribution in [2.75, 3.05) is 24.5 Å². The maximum Gasteiger partial charge on any atom is 0.228 e. The summed E-state index contributed by atoms with van der Waals surface area (Å²) >= 11 is 6.04. The number of carbonyl (C=O) groups excluding carboxylic acids is 1. The Morgan fingerprint density at radius 3 is 3.00 bits per heavy atom. The van der Waals surface area contributed by atoms with Gasteiger partial charge in [0, 0.05) is 30.2 Å². The van der Waals surface area contributed by atoms with Crippen LogP contribution in [-0.4, -0.2) is 25.5 Å². The maximum absolute atomic E-state index is 12.2. The molecule has 1 heterocycles. The molecule has 0 bridgehead atoms. The highest BCUT2D eigenvalue weighted by molar-refractivity contribution is 6.31. The van der Waals surface area contributed by atoms with Gasteiger partial charge in [-0.2, -0.15) is 0 Å². The van der Waals surface area contributed by atoms with Crippen LogP contribution in [0, 0.1) is 12.8 Å². The normalized spacial score (nSPS) is 21.6. The van der Waals surface area contributed by atoms with Gasteiger partial charge >= 0.3 is 0 Å². The van der Waals surface area contributed by atoms with Crippen molar-refractivity contribution in [1.29, 1.82) is 0 Å². The van der Waals surface area contributed by atoms with E-state index in [4.69, 9.17) is 11.6 Å². The van der Waals surface area contributed by atoms with Crippen LogP contribution in [0.4, 0.5) is 5.69 Å². The molecule has 1 aromatic carbocycles. The summed E-state index contributed by atoms with van der Waals surface area (Å²) in [5.41, 5.74) is 2.04. The lowest BCUT2D eigenvalue weighted by molar-refractivity contribution is -0.118. The molecule has 1 aliphatic heterocycles. The van der Waals surface area contributed by atoms with E-state index in [0.29, 0.717) is 17.4 Å². The summed E-state index contributed by atoms with van der Waals surface area (Å²) in [7, 11) is 0. The van der Waals surface area contributed by atoms with Gasteiger partial charge in [-0.15, -0.1) is 0 Å². The molecule has 1 saturated heterocycles. The van der Waals surface area contributed by atoms with Gasteiger partial charge in [0.25, 0.3) is 0 Å². The van der Waals surface area contributed by atoms with Gasteiger partial charge in [0.05, 0.1) is 0 Å². The van der Waals surface area contributed by atoms with Crippen LogP contribution in [0.3, 0.4) is 0 Å². The second-order valence-electron chi connectivity index (χ2n) is 4.99. The lowest BCUT2D eigenvalue weighted by atomic mass is 10.1. The van der Waals surface area contributed by atoms with E-state index in [0.717, 1.165) is 30.9 Å². The molecular formula is C14H19ClN2O. The Labute approximate surface area is 113 Å². The third-order valence-corrected chi connectivity index (χ3v) is 3.50. The topological polar surface area (TPSA) is 32.3 Å². The van der Waals surface area contributed by atoms with Crippen LogP contribution in [0.15, 0.2) is 18.2 Å². The SMILES string of the molecule is Cc1ccc(Cl)cc1N1CC(C)CNCCC1=O. The number of carbonyl (C=O) groups is 1. The van der Waals surface area contributed by atoms with Crippen molar-refractivity contribution in [3.05, 3.63) is 28.8 Å². The fourth-order valence-electron chi connectivity index (χ4n) is 2.26. The van der Waals surface area contributed by atoms with Gasteiger partial charge in [-0.05, 0) is 37.1 Å². The molecule has 0 aliphatic carbocycles. The number of hydrogen-bond acceptors (Lipinski definition) is 2. The van der Waals surface area contributed by atoms with Crippen molar-refractivity contribution in [2.45, 2.75) is 20.3 Å². The largest absolute Gasteiger partial charge is 0.316 e. The monoisotopic (exact) mass is 266 g/mol. The van der Waals surface area contributed by atoms with Crippen molar-refractivity contribution in [1.82, 2.24) is 5.32 Å². The molecule has 2 rings (SSSR count). The van der Waals surface area contributed by atoms with E-state index in [1.807, 2.05) is 30.0 Å². The van der Waals surface area contributed by atoms with Crippen LogP contribution in [-0.2, 0) is 4.79 Å². The molecule has 0 saturated carbocycles. The Balaban J connectivity index is 2.32. The molecule has 0 radical (unpaired) electrons. The zero-order chi connectivity index (χ0) is 13.1. The third-order valence-electron chi connectivity index (χ3n) is 3.27. The molecule has 1 amide bonds. The van der Waals surface area contributed by atoms with Crippen LogP contribution < -0.4 is 10.2 Å². The molecule has 98 valence electrons. The zero-order valence-corrected chi connectivity index (χ0v) is 11.6. The number of amides is 1. The maximum atomic E-state index is 12.2. The van der Waals surface area contributed by atoms with Crippen LogP contribution in [0.1, 0.15) is 18.9 Å². The Morgan fingerprint density at radius 1 is 1.44 bits per heavy atom. The predicted octanol–water partition coefficient (Wildman–Crippen LogP) is 2.61. The van der Waals surface area contributed by atoms with Crippen molar-refractivity contribution < 1.29 is 4.79 Å². The summed E-state index contributed by atoms with van der Waals surface area (Å²) in [6.45, 7) is 6.61. The minimum absolute atomic E-state index is 0.166. The van der Waals surface area contributed by atoms with Gasteiger partial charge in [-0.1, -0.05) is 24.6 Å². The molecule has 0 aromatic heterocycles. The molecule has 1 N–H and O–H groups in total.